The van der Waals surface area contributed by atoms with Crippen LogP contribution in [0.4, 0.5) is 4.79 Å². The van der Waals surface area contributed by atoms with Crippen molar-refractivity contribution in [1.82, 2.24) is 15.2 Å². The molecule has 1 saturated heterocycles. The van der Waals surface area contributed by atoms with Crippen LogP contribution in [0.15, 0.2) is 42.7 Å². The second-order valence-corrected chi connectivity index (χ2v) is 5.96. The third kappa shape index (κ3) is 1.95. The Morgan fingerprint density at radius 1 is 1.42 bits per heavy atom. The maximum Gasteiger partial charge on any atom is 0.321 e. The predicted octanol–water partition coefficient (Wildman–Crippen LogP) is 2.81. The van der Waals surface area contributed by atoms with Crippen molar-refractivity contribution >= 4 is 6.03 Å². The highest BCUT2D eigenvalue weighted by Gasteiger charge is 2.53. The van der Waals surface area contributed by atoms with Crippen LogP contribution in [-0.2, 0) is 5.72 Å². The van der Waals surface area contributed by atoms with Crippen LogP contribution in [0.25, 0.3) is 0 Å². The summed E-state index contributed by atoms with van der Waals surface area (Å²) in [7, 11) is 1.62. The van der Waals surface area contributed by atoms with E-state index in [4.69, 9.17) is 9.47 Å². The summed E-state index contributed by atoms with van der Waals surface area (Å²) >= 11 is 0. The van der Waals surface area contributed by atoms with E-state index in [1.165, 1.54) is 0 Å². The molecule has 1 N–H and O–H groups in total. The summed E-state index contributed by atoms with van der Waals surface area (Å²) in [6.07, 6.45) is 4.10. The number of rotatable bonds is 3. The standard InChI is InChI=1S/C18H19N3O3/c1-3-21-17(22)20-14-10-18(21,12-6-5-9-19-11-12)24-16-13(14)7-4-8-15(16)23-2/h4-9,11,14H,3,10H2,1-2H3,(H,20,22). The molecule has 0 aliphatic carbocycles. The monoisotopic (exact) mass is 325 g/mol. The van der Waals surface area contributed by atoms with Crippen LogP contribution in [0.3, 0.4) is 0 Å². The minimum Gasteiger partial charge on any atom is -0.493 e. The van der Waals surface area contributed by atoms with Crippen LogP contribution < -0.4 is 14.8 Å². The van der Waals surface area contributed by atoms with Gasteiger partial charge in [0.05, 0.1) is 13.2 Å². The van der Waals surface area contributed by atoms with E-state index in [0.29, 0.717) is 24.5 Å². The fraction of sp³-hybridized carbons (Fsp3) is 0.333. The van der Waals surface area contributed by atoms with E-state index in [9.17, 15) is 4.79 Å². The molecule has 1 fully saturated rings. The van der Waals surface area contributed by atoms with Gasteiger partial charge < -0.3 is 14.8 Å². The Morgan fingerprint density at radius 2 is 2.29 bits per heavy atom. The van der Waals surface area contributed by atoms with Crippen molar-refractivity contribution in [1.29, 1.82) is 0 Å². The molecular formula is C18H19N3O3. The summed E-state index contributed by atoms with van der Waals surface area (Å²) < 4.78 is 12.0. The smallest absolute Gasteiger partial charge is 0.321 e. The van der Waals surface area contributed by atoms with Gasteiger partial charge in [0.15, 0.2) is 11.5 Å². The van der Waals surface area contributed by atoms with Gasteiger partial charge in [0.1, 0.15) is 0 Å². The highest BCUT2D eigenvalue weighted by atomic mass is 16.5. The average molecular weight is 325 g/mol. The normalized spacial score (nSPS) is 24.7. The summed E-state index contributed by atoms with van der Waals surface area (Å²) in [6, 6.07) is 9.31. The lowest BCUT2D eigenvalue weighted by Crippen LogP contribution is -2.64. The Hall–Kier alpha value is -2.76. The minimum absolute atomic E-state index is 0.126. The summed E-state index contributed by atoms with van der Waals surface area (Å²) in [4.78, 5) is 18.6. The number of fused-ring (bicyclic) bond motifs is 4. The fourth-order valence-electron chi connectivity index (χ4n) is 3.68. The zero-order valence-electron chi connectivity index (χ0n) is 13.7. The SMILES string of the molecule is CCN1C(=O)NC2CC1(c1cccnc1)Oc1c(OC)cccc12. The van der Waals surface area contributed by atoms with Crippen molar-refractivity contribution < 1.29 is 14.3 Å². The van der Waals surface area contributed by atoms with E-state index < -0.39 is 5.72 Å². The van der Waals surface area contributed by atoms with Crippen molar-refractivity contribution in [3.63, 3.8) is 0 Å². The topological polar surface area (TPSA) is 63.7 Å². The molecule has 124 valence electrons. The number of benzene rings is 1. The third-order valence-electron chi connectivity index (χ3n) is 4.76. The number of carbonyl (C=O) groups is 1. The Balaban J connectivity index is 1.93. The number of nitrogens with zero attached hydrogens (tertiary/aromatic N) is 2. The van der Waals surface area contributed by atoms with Crippen molar-refractivity contribution in [3.8, 4) is 11.5 Å². The summed E-state index contributed by atoms with van der Waals surface area (Å²) in [5, 5.41) is 3.08. The molecule has 0 radical (unpaired) electrons. The number of ether oxygens (including phenoxy) is 2. The zero-order valence-corrected chi connectivity index (χ0v) is 13.7. The molecule has 2 atom stereocenters. The second-order valence-electron chi connectivity index (χ2n) is 5.96. The van der Waals surface area contributed by atoms with Gasteiger partial charge in [-0.2, -0.15) is 0 Å². The molecule has 2 unspecified atom stereocenters. The average Bonchev–Trinajstić information content (AvgIpc) is 2.62. The Kier molecular flexibility index (Phi) is 3.33. The molecular weight excluding hydrogens is 306 g/mol. The lowest BCUT2D eigenvalue weighted by molar-refractivity contribution is -0.104. The van der Waals surface area contributed by atoms with E-state index >= 15 is 0 Å². The highest BCUT2D eigenvalue weighted by molar-refractivity contribution is 5.78. The first-order valence-electron chi connectivity index (χ1n) is 8.04. The lowest BCUT2D eigenvalue weighted by atomic mass is 9.85. The molecule has 0 spiro atoms. The van der Waals surface area contributed by atoms with Crippen LogP contribution in [-0.4, -0.2) is 29.6 Å². The first-order valence-corrected chi connectivity index (χ1v) is 8.04. The van der Waals surface area contributed by atoms with Crippen molar-refractivity contribution in [2.45, 2.75) is 25.1 Å². The second kappa shape index (κ2) is 5.40. The minimum atomic E-state index is -0.877. The number of hydrogen-bond donors (Lipinski definition) is 1. The predicted molar refractivity (Wildman–Crippen MR) is 87.8 cm³/mol. The molecule has 2 aliphatic rings. The maximum atomic E-state index is 12.7. The number of pyridine rings is 1. The van der Waals surface area contributed by atoms with E-state index in [2.05, 4.69) is 10.3 Å². The van der Waals surface area contributed by atoms with E-state index in [0.717, 1.165) is 11.1 Å². The number of methoxy groups -OCH3 is 1. The number of para-hydroxylation sites is 1. The zero-order chi connectivity index (χ0) is 16.7. The van der Waals surface area contributed by atoms with Gasteiger partial charge in [0, 0.05) is 36.5 Å². The van der Waals surface area contributed by atoms with E-state index in [1.54, 1.807) is 24.4 Å². The molecule has 1 aromatic heterocycles. The van der Waals surface area contributed by atoms with Gasteiger partial charge >= 0.3 is 6.03 Å². The fourth-order valence-corrected chi connectivity index (χ4v) is 3.68. The summed E-state index contributed by atoms with van der Waals surface area (Å²) in [5.74, 6) is 1.34. The molecule has 2 bridgehead atoms. The molecule has 1 aromatic carbocycles. The number of urea groups is 1. The largest absolute Gasteiger partial charge is 0.493 e. The Bertz CT molecular complexity index is 780. The van der Waals surface area contributed by atoms with Crippen LogP contribution in [0, 0.1) is 0 Å². The summed E-state index contributed by atoms with van der Waals surface area (Å²) in [5.41, 5.74) is 0.929. The van der Waals surface area contributed by atoms with Crippen LogP contribution in [0.1, 0.15) is 30.5 Å². The Labute approximate surface area is 140 Å². The molecule has 2 aromatic rings. The lowest BCUT2D eigenvalue weighted by Gasteiger charge is -2.52. The molecule has 0 saturated carbocycles. The molecule has 6 nitrogen and oxygen atoms in total. The van der Waals surface area contributed by atoms with Gasteiger partial charge in [-0.3, -0.25) is 9.88 Å². The van der Waals surface area contributed by atoms with Crippen molar-refractivity contribution in [2.24, 2.45) is 0 Å². The maximum absolute atomic E-state index is 12.7. The molecule has 24 heavy (non-hydrogen) atoms. The number of nitrogens with one attached hydrogen (secondary N) is 1. The van der Waals surface area contributed by atoms with Crippen molar-refractivity contribution in [3.05, 3.63) is 53.9 Å². The first kappa shape index (κ1) is 14.8. The van der Waals surface area contributed by atoms with Crippen LogP contribution >= 0.6 is 0 Å². The van der Waals surface area contributed by atoms with E-state index in [1.807, 2.05) is 37.3 Å². The first-order chi connectivity index (χ1) is 11.7. The number of amides is 2. The molecule has 4 rings (SSSR count). The van der Waals surface area contributed by atoms with E-state index in [-0.39, 0.29) is 12.1 Å². The number of aromatic nitrogens is 1. The molecule has 2 aliphatic heterocycles. The number of hydrogen-bond acceptors (Lipinski definition) is 4. The number of carbonyl (C=O) groups excluding carboxylic acids is 1. The van der Waals surface area contributed by atoms with Crippen molar-refractivity contribution in [2.75, 3.05) is 13.7 Å². The van der Waals surface area contributed by atoms with Gasteiger partial charge in [0.2, 0.25) is 5.72 Å². The third-order valence-corrected chi connectivity index (χ3v) is 4.76. The van der Waals surface area contributed by atoms with Gasteiger partial charge in [-0.1, -0.05) is 12.1 Å². The molecule has 3 heterocycles. The van der Waals surface area contributed by atoms with Crippen LogP contribution in [0.2, 0.25) is 0 Å². The Morgan fingerprint density at radius 3 is 3.00 bits per heavy atom. The summed E-state index contributed by atoms with van der Waals surface area (Å²) in [6.45, 7) is 2.47. The van der Waals surface area contributed by atoms with Gasteiger partial charge in [-0.25, -0.2) is 4.79 Å². The van der Waals surface area contributed by atoms with Gasteiger partial charge in [-0.05, 0) is 25.1 Å². The quantitative estimate of drug-likeness (QED) is 0.942. The van der Waals surface area contributed by atoms with Gasteiger partial charge in [0.25, 0.3) is 0 Å². The molecule has 6 heteroatoms. The van der Waals surface area contributed by atoms with Crippen LogP contribution in [0.5, 0.6) is 11.5 Å². The molecule has 2 amide bonds. The van der Waals surface area contributed by atoms with Gasteiger partial charge in [-0.15, -0.1) is 0 Å². The highest BCUT2D eigenvalue weighted by Crippen LogP contribution is 2.51.